The van der Waals surface area contributed by atoms with Crippen LogP contribution >= 0.6 is 0 Å². The van der Waals surface area contributed by atoms with Crippen LogP contribution in [0.4, 0.5) is 0 Å². The monoisotopic (exact) mass is 382 g/mol. The molecule has 2 aromatic rings. The van der Waals surface area contributed by atoms with Crippen LogP contribution in [0.25, 0.3) is 11.4 Å². The second-order valence-electron chi connectivity index (χ2n) is 7.88. The summed E-state index contributed by atoms with van der Waals surface area (Å²) < 4.78 is 5.97. The smallest absolute Gasteiger partial charge is 0.159 e. The van der Waals surface area contributed by atoms with Crippen LogP contribution < -0.4 is 4.74 Å². The third-order valence-corrected chi connectivity index (χ3v) is 5.19. The van der Waals surface area contributed by atoms with Gasteiger partial charge in [-0.05, 0) is 56.0 Å². The summed E-state index contributed by atoms with van der Waals surface area (Å²) in [5.74, 6) is 1.71. The first-order valence-corrected chi connectivity index (χ1v) is 11.3. The highest BCUT2D eigenvalue weighted by atomic mass is 16.5. The van der Waals surface area contributed by atoms with E-state index in [1.807, 2.05) is 36.7 Å². The minimum atomic E-state index is 0.257. The summed E-state index contributed by atoms with van der Waals surface area (Å²) in [7, 11) is 0. The lowest BCUT2D eigenvalue weighted by Gasteiger charge is -2.14. The van der Waals surface area contributed by atoms with Gasteiger partial charge in [0.05, 0.1) is 6.10 Å². The lowest BCUT2D eigenvalue weighted by atomic mass is 10.1. The van der Waals surface area contributed by atoms with Gasteiger partial charge in [-0.25, -0.2) is 9.97 Å². The predicted molar refractivity (Wildman–Crippen MR) is 119 cm³/mol. The van der Waals surface area contributed by atoms with Crippen LogP contribution in [0.3, 0.4) is 0 Å². The van der Waals surface area contributed by atoms with Crippen molar-refractivity contribution >= 4 is 0 Å². The van der Waals surface area contributed by atoms with E-state index in [2.05, 4.69) is 30.7 Å². The van der Waals surface area contributed by atoms with Gasteiger partial charge in [-0.1, -0.05) is 65.2 Å². The Morgan fingerprint density at radius 1 is 0.786 bits per heavy atom. The molecule has 1 atom stereocenters. The molecular weight excluding hydrogens is 344 g/mol. The molecule has 154 valence electrons. The summed E-state index contributed by atoms with van der Waals surface area (Å²) in [6.07, 6.45) is 18.2. The maximum absolute atomic E-state index is 5.97. The standard InChI is InChI=1S/C25H38N2O/c1-4-6-8-9-10-11-12-14-22-19-26-25(27-20-22)23-15-17-24(18-16-23)28-21(3)13-7-5-2/h15-21H,4-14H2,1-3H3/t21-/m0/s1. The zero-order valence-electron chi connectivity index (χ0n) is 18.1. The van der Waals surface area contributed by atoms with Crippen molar-refractivity contribution in [3.8, 4) is 17.1 Å². The summed E-state index contributed by atoms with van der Waals surface area (Å²) in [6, 6.07) is 8.14. The van der Waals surface area contributed by atoms with E-state index in [9.17, 15) is 0 Å². The molecule has 0 bridgehead atoms. The fraction of sp³-hybridized carbons (Fsp3) is 0.600. The van der Waals surface area contributed by atoms with E-state index in [-0.39, 0.29) is 6.10 Å². The summed E-state index contributed by atoms with van der Waals surface area (Å²) in [5, 5.41) is 0. The first-order valence-electron chi connectivity index (χ1n) is 11.3. The molecule has 0 fully saturated rings. The van der Waals surface area contributed by atoms with Gasteiger partial charge in [-0.3, -0.25) is 0 Å². The van der Waals surface area contributed by atoms with Gasteiger partial charge in [-0.15, -0.1) is 0 Å². The highest BCUT2D eigenvalue weighted by Gasteiger charge is 2.06. The van der Waals surface area contributed by atoms with Crippen LogP contribution in [0.5, 0.6) is 5.75 Å². The van der Waals surface area contributed by atoms with Crippen molar-refractivity contribution < 1.29 is 4.74 Å². The number of aryl methyl sites for hydroxylation is 1. The molecule has 0 unspecified atom stereocenters. The van der Waals surface area contributed by atoms with Crippen molar-refractivity contribution in [2.45, 2.75) is 97.5 Å². The predicted octanol–water partition coefficient (Wildman–Crippen LogP) is 7.39. The third kappa shape index (κ3) is 8.41. The Morgan fingerprint density at radius 3 is 2.04 bits per heavy atom. The fourth-order valence-electron chi connectivity index (χ4n) is 3.38. The van der Waals surface area contributed by atoms with Gasteiger partial charge in [0.2, 0.25) is 0 Å². The van der Waals surface area contributed by atoms with Crippen LogP contribution in [-0.2, 0) is 6.42 Å². The molecule has 0 saturated heterocycles. The van der Waals surface area contributed by atoms with Crippen LogP contribution in [0.2, 0.25) is 0 Å². The van der Waals surface area contributed by atoms with Crippen molar-refractivity contribution in [3.63, 3.8) is 0 Å². The Bertz CT molecular complexity index is 637. The number of aromatic nitrogens is 2. The normalized spacial score (nSPS) is 12.1. The lowest BCUT2D eigenvalue weighted by molar-refractivity contribution is 0.207. The Hall–Kier alpha value is -1.90. The SMILES string of the molecule is CCCCCCCCCc1cnc(-c2ccc(O[C@@H](C)CCCC)cc2)nc1. The quantitative estimate of drug-likeness (QED) is 0.319. The molecule has 0 amide bonds. The summed E-state index contributed by atoms with van der Waals surface area (Å²) >= 11 is 0. The third-order valence-electron chi connectivity index (χ3n) is 5.19. The number of nitrogens with zero attached hydrogens (tertiary/aromatic N) is 2. The topological polar surface area (TPSA) is 35.0 Å². The Kier molecular flexibility index (Phi) is 10.6. The zero-order chi connectivity index (χ0) is 20.0. The average molecular weight is 383 g/mol. The zero-order valence-corrected chi connectivity index (χ0v) is 18.1. The molecule has 1 aromatic heterocycles. The van der Waals surface area contributed by atoms with Crippen LogP contribution in [-0.4, -0.2) is 16.1 Å². The summed E-state index contributed by atoms with van der Waals surface area (Å²) in [6.45, 7) is 6.61. The summed E-state index contributed by atoms with van der Waals surface area (Å²) in [4.78, 5) is 9.14. The Labute approximate surface area is 172 Å². The molecule has 0 spiro atoms. The number of hydrogen-bond acceptors (Lipinski definition) is 3. The van der Waals surface area contributed by atoms with E-state index in [1.54, 1.807) is 0 Å². The first kappa shape index (κ1) is 22.4. The molecule has 3 nitrogen and oxygen atoms in total. The summed E-state index contributed by atoms with van der Waals surface area (Å²) in [5.41, 5.74) is 2.28. The highest BCUT2D eigenvalue weighted by Crippen LogP contribution is 2.21. The van der Waals surface area contributed by atoms with Crippen molar-refractivity contribution in [1.29, 1.82) is 0 Å². The molecule has 28 heavy (non-hydrogen) atoms. The number of benzene rings is 1. The van der Waals surface area contributed by atoms with E-state index >= 15 is 0 Å². The van der Waals surface area contributed by atoms with Crippen molar-refractivity contribution in [3.05, 3.63) is 42.2 Å². The highest BCUT2D eigenvalue weighted by molar-refractivity contribution is 5.55. The van der Waals surface area contributed by atoms with Crippen molar-refractivity contribution in [1.82, 2.24) is 9.97 Å². The molecule has 2 rings (SSSR count). The molecule has 0 N–H and O–H groups in total. The largest absolute Gasteiger partial charge is 0.491 e. The van der Waals surface area contributed by atoms with Gasteiger partial charge >= 0.3 is 0 Å². The van der Waals surface area contributed by atoms with Gasteiger partial charge in [-0.2, -0.15) is 0 Å². The van der Waals surface area contributed by atoms with E-state index in [0.29, 0.717) is 0 Å². The maximum Gasteiger partial charge on any atom is 0.159 e. The van der Waals surface area contributed by atoms with E-state index < -0.39 is 0 Å². The number of hydrogen-bond donors (Lipinski definition) is 0. The molecule has 3 heteroatoms. The second kappa shape index (κ2) is 13.3. The van der Waals surface area contributed by atoms with Gasteiger partial charge in [0, 0.05) is 18.0 Å². The first-order chi connectivity index (χ1) is 13.7. The molecule has 0 saturated carbocycles. The molecule has 0 aliphatic rings. The molecule has 0 aliphatic carbocycles. The van der Waals surface area contributed by atoms with Crippen molar-refractivity contribution in [2.24, 2.45) is 0 Å². The van der Waals surface area contributed by atoms with E-state index in [0.717, 1.165) is 30.0 Å². The van der Waals surface area contributed by atoms with E-state index in [4.69, 9.17) is 4.74 Å². The van der Waals surface area contributed by atoms with Gasteiger partial charge in [0.25, 0.3) is 0 Å². The van der Waals surface area contributed by atoms with Crippen molar-refractivity contribution in [2.75, 3.05) is 0 Å². The molecule has 0 radical (unpaired) electrons. The van der Waals surface area contributed by atoms with Gasteiger partial charge in [0.15, 0.2) is 5.82 Å². The minimum Gasteiger partial charge on any atom is -0.491 e. The number of ether oxygens (including phenoxy) is 1. The Balaban J connectivity index is 1.76. The van der Waals surface area contributed by atoms with Gasteiger partial charge < -0.3 is 4.74 Å². The second-order valence-corrected chi connectivity index (χ2v) is 7.88. The number of unbranched alkanes of at least 4 members (excludes halogenated alkanes) is 7. The van der Waals surface area contributed by atoms with Crippen LogP contribution in [0.1, 0.15) is 90.5 Å². The Morgan fingerprint density at radius 2 is 1.39 bits per heavy atom. The van der Waals surface area contributed by atoms with Crippen LogP contribution in [0, 0.1) is 0 Å². The minimum absolute atomic E-state index is 0.257. The molecule has 0 aliphatic heterocycles. The van der Waals surface area contributed by atoms with E-state index in [1.165, 1.54) is 63.4 Å². The maximum atomic E-state index is 5.97. The molecule has 1 heterocycles. The van der Waals surface area contributed by atoms with Crippen LogP contribution in [0.15, 0.2) is 36.7 Å². The van der Waals surface area contributed by atoms with Gasteiger partial charge in [0.1, 0.15) is 5.75 Å². The lowest BCUT2D eigenvalue weighted by Crippen LogP contribution is -2.11. The molecule has 1 aromatic carbocycles. The fourth-order valence-corrected chi connectivity index (χ4v) is 3.38. The average Bonchev–Trinajstić information content (AvgIpc) is 2.73. The molecular formula is C25H38N2O. The number of rotatable bonds is 14.